The Morgan fingerprint density at radius 3 is 2.52 bits per heavy atom. The first-order chi connectivity index (χ1) is 10.6. The smallest absolute Gasteiger partial charge is 0.193 e. The lowest BCUT2D eigenvalue weighted by Gasteiger charge is -2.14. The minimum atomic E-state index is 0. The molecule has 23 heavy (non-hydrogen) atoms. The van der Waals surface area contributed by atoms with E-state index < -0.39 is 0 Å². The summed E-state index contributed by atoms with van der Waals surface area (Å²) in [7, 11) is 3.93. The van der Waals surface area contributed by atoms with E-state index in [2.05, 4.69) is 34.3 Å². The highest BCUT2D eigenvalue weighted by Gasteiger charge is 2.04. The third kappa shape index (κ3) is 5.70. The van der Waals surface area contributed by atoms with Crippen LogP contribution < -0.4 is 16.0 Å². The van der Waals surface area contributed by atoms with E-state index in [9.17, 15) is 0 Å². The molecular weight excluding hydrogens is 401 g/mol. The molecule has 0 aliphatic heterocycles. The molecule has 3 N–H and O–H groups in total. The van der Waals surface area contributed by atoms with Gasteiger partial charge in [0.1, 0.15) is 5.82 Å². The molecule has 0 saturated carbocycles. The van der Waals surface area contributed by atoms with Crippen LogP contribution in [-0.2, 0) is 13.0 Å². The number of aromatic nitrogens is 1. The predicted molar refractivity (Wildman–Crippen MR) is 109 cm³/mol. The monoisotopic (exact) mass is 425 g/mol. The van der Waals surface area contributed by atoms with Gasteiger partial charge in [0, 0.05) is 31.5 Å². The Bertz CT molecular complexity index is 638. The lowest BCUT2D eigenvalue weighted by Crippen LogP contribution is -2.22. The van der Waals surface area contributed by atoms with Crippen LogP contribution in [0.25, 0.3) is 0 Å². The van der Waals surface area contributed by atoms with Crippen molar-refractivity contribution in [2.75, 3.05) is 24.3 Å². The van der Waals surface area contributed by atoms with Gasteiger partial charge >= 0.3 is 0 Å². The molecule has 124 valence electrons. The summed E-state index contributed by atoms with van der Waals surface area (Å²) in [5.74, 6) is 1.31. The van der Waals surface area contributed by atoms with Crippen LogP contribution in [0.3, 0.4) is 0 Å². The summed E-state index contributed by atoms with van der Waals surface area (Å²) < 4.78 is 0. The molecule has 0 saturated heterocycles. The van der Waals surface area contributed by atoms with Crippen molar-refractivity contribution < 1.29 is 0 Å². The second kappa shape index (κ2) is 9.34. The Kier molecular flexibility index (Phi) is 7.80. The van der Waals surface area contributed by atoms with Crippen molar-refractivity contribution in [1.29, 1.82) is 0 Å². The second-order valence-electron chi connectivity index (χ2n) is 5.26. The molecule has 0 fully saturated rings. The van der Waals surface area contributed by atoms with Crippen LogP contribution in [0.15, 0.2) is 47.6 Å². The van der Waals surface area contributed by atoms with Gasteiger partial charge in [-0.2, -0.15) is 0 Å². The number of hydrogen-bond donors (Lipinski definition) is 2. The van der Waals surface area contributed by atoms with Gasteiger partial charge in [-0.25, -0.2) is 9.98 Å². The van der Waals surface area contributed by atoms with Crippen molar-refractivity contribution in [3.05, 3.63) is 53.7 Å². The van der Waals surface area contributed by atoms with Gasteiger partial charge in [-0.15, -0.1) is 24.0 Å². The normalized spacial score (nSPS) is 10.8. The van der Waals surface area contributed by atoms with Crippen molar-refractivity contribution in [2.45, 2.75) is 19.9 Å². The standard InChI is InChI=1S/C17H23N5.HI/c1-4-13-7-9-15(10-8-13)21-17(18)20-12-14-6-5-11-19-16(14)22(2)3;/h5-11H,4,12H2,1-3H3,(H3,18,20,21);1H. The number of halogens is 1. The molecule has 5 nitrogen and oxygen atoms in total. The molecule has 0 bridgehead atoms. The van der Waals surface area contributed by atoms with E-state index in [0.717, 1.165) is 23.5 Å². The Morgan fingerprint density at radius 1 is 1.22 bits per heavy atom. The van der Waals surface area contributed by atoms with E-state index in [-0.39, 0.29) is 24.0 Å². The number of nitrogens with one attached hydrogen (secondary N) is 1. The van der Waals surface area contributed by atoms with Crippen LogP contribution in [0.2, 0.25) is 0 Å². The number of benzene rings is 1. The fourth-order valence-electron chi connectivity index (χ4n) is 2.14. The number of aliphatic imine (C=N–C) groups is 1. The van der Waals surface area contributed by atoms with Gasteiger partial charge in [-0.05, 0) is 30.2 Å². The lowest BCUT2D eigenvalue weighted by molar-refractivity contribution is 0.983. The molecule has 0 amide bonds. The van der Waals surface area contributed by atoms with Gasteiger partial charge in [-0.1, -0.05) is 25.1 Å². The number of anilines is 2. The maximum absolute atomic E-state index is 5.96. The SMILES string of the molecule is CCc1ccc(NC(N)=NCc2cccnc2N(C)C)cc1.I. The molecule has 1 heterocycles. The van der Waals surface area contributed by atoms with Gasteiger partial charge in [0.2, 0.25) is 0 Å². The highest BCUT2D eigenvalue weighted by atomic mass is 127. The first-order valence-electron chi connectivity index (χ1n) is 7.37. The lowest BCUT2D eigenvalue weighted by atomic mass is 10.1. The van der Waals surface area contributed by atoms with E-state index >= 15 is 0 Å². The van der Waals surface area contributed by atoms with Crippen LogP contribution in [0, 0.1) is 0 Å². The maximum Gasteiger partial charge on any atom is 0.193 e. The van der Waals surface area contributed by atoms with E-state index in [1.807, 2.05) is 43.3 Å². The molecule has 0 aliphatic rings. The van der Waals surface area contributed by atoms with Crippen molar-refractivity contribution in [2.24, 2.45) is 10.7 Å². The summed E-state index contributed by atoms with van der Waals surface area (Å²) in [5.41, 5.74) is 9.24. The van der Waals surface area contributed by atoms with Gasteiger partial charge in [0.15, 0.2) is 5.96 Å². The predicted octanol–water partition coefficient (Wildman–Crippen LogP) is 3.25. The topological polar surface area (TPSA) is 66.5 Å². The van der Waals surface area contributed by atoms with Gasteiger partial charge < -0.3 is 16.0 Å². The van der Waals surface area contributed by atoms with E-state index in [1.54, 1.807) is 6.20 Å². The summed E-state index contributed by atoms with van der Waals surface area (Å²) in [6.07, 6.45) is 2.80. The van der Waals surface area contributed by atoms with Crippen molar-refractivity contribution in [3.63, 3.8) is 0 Å². The van der Waals surface area contributed by atoms with Crippen LogP contribution in [0.1, 0.15) is 18.1 Å². The minimum absolute atomic E-state index is 0. The Hall–Kier alpha value is -1.83. The van der Waals surface area contributed by atoms with Crippen molar-refractivity contribution in [3.8, 4) is 0 Å². The van der Waals surface area contributed by atoms with Crippen LogP contribution in [0.4, 0.5) is 11.5 Å². The van der Waals surface area contributed by atoms with Crippen LogP contribution >= 0.6 is 24.0 Å². The van der Waals surface area contributed by atoms with Crippen molar-refractivity contribution in [1.82, 2.24) is 4.98 Å². The van der Waals surface area contributed by atoms with E-state index in [0.29, 0.717) is 12.5 Å². The molecule has 6 heteroatoms. The number of hydrogen-bond acceptors (Lipinski definition) is 3. The zero-order chi connectivity index (χ0) is 15.9. The summed E-state index contributed by atoms with van der Waals surface area (Å²) in [5, 5.41) is 3.11. The number of rotatable bonds is 5. The van der Waals surface area contributed by atoms with Gasteiger partial charge in [0.25, 0.3) is 0 Å². The van der Waals surface area contributed by atoms with Gasteiger partial charge in [0.05, 0.1) is 6.54 Å². The highest BCUT2D eigenvalue weighted by Crippen LogP contribution is 2.15. The van der Waals surface area contributed by atoms with E-state index in [1.165, 1.54) is 5.56 Å². The summed E-state index contributed by atoms with van der Waals surface area (Å²) in [6.45, 7) is 2.63. The molecule has 2 aromatic rings. The minimum Gasteiger partial charge on any atom is -0.370 e. The largest absolute Gasteiger partial charge is 0.370 e. The molecule has 2 rings (SSSR count). The third-order valence-corrected chi connectivity index (χ3v) is 3.35. The van der Waals surface area contributed by atoms with Crippen LogP contribution in [0.5, 0.6) is 0 Å². The zero-order valence-corrected chi connectivity index (χ0v) is 16.1. The average Bonchev–Trinajstić information content (AvgIpc) is 2.54. The first-order valence-corrected chi connectivity index (χ1v) is 7.37. The molecule has 0 spiro atoms. The van der Waals surface area contributed by atoms with Crippen LogP contribution in [-0.4, -0.2) is 25.0 Å². The Labute approximate surface area is 155 Å². The number of nitrogens with zero attached hydrogens (tertiary/aromatic N) is 3. The summed E-state index contributed by atoms with van der Waals surface area (Å²) in [4.78, 5) is 10.7. The molecule has 0 radical (unpaired) electrons. The molecular formula is C17H24IN5. The first kappa shape index (κ1) is 19.2. The zero-order valence-electron chi connectivity index (χ0n) is 13.8. The number of aryl methyl sites for hydroxylation is 1. The highest BCUT2D eigenvalue weighted by molar-refractivity contribution is 14.0. The molecule has 1 aromatic heterocycles. The van der Waals surface area contributed by atoms with Crippen molar-refractivity contribution >= 4 is 41.4 Å². The molecule has 0 unspecified atom stereocenters. The quantitative estimate of drug-likeness (QED) is 0.439. The molecule has 1 aromatic carbocycles. The molecule has 0 atom stereocenters. The van der Waals surface area contributed by atoms with E-state index in [4.69, 9.17) is 5.73 Å². The Balaban J connectivity index is 0.00000264. The fraction of sp³-hybridized carbons (Fsp3) is 0.294. The maximum atomic E-state index is 5.96. The second-order valence-corrected chi connectivity index (χ2v) is 5.26. The summed E-state index contributed by atoms with van der Waals surface area (Å²) in [6, 6.07) is 12.1. The number of guanidine groups is 1. The Morgan fingerprint density at radius 2 is 1.91 bits per heavy atom. The number of pyridine rings is 1. The van der Waals surface area contributed by atoms with Gasteiger partial charge in [-0.3, -0.25) is 0 Å². The summed E-state index contributed by atoms with van der Waals surface area (Å²) >= 11 is 0. The molecule has 0 aliphatic carbocycles. The third-order valence-electron chi connectivity index (χ3n) is 3.35. The fourth-order valence-corrected chi connectivity index (χ4v) is 2.14. The number of nitrogens with two attached hydrogens (primary N) is 1. The average molecular weight is 425 g/mol.